The number of hydrogen-bond donors (Lipinski definition) is 0. The van der Waals surface area contributed by atoms with E-state index >= 15 is 0 Å². The van der Waals surface area contributed by atoms with Crippen LogP contribution in [0.2, 0.25) is 5.02 Å². The van der Waals surface area contributed by atoms with Gasteiger partial charge in [-0.3, -0.25) is 0 Å². The van der Waals surface area contributed by atoms with Gasteiger partial charge in [-0.1, -0.05) is 29.8 Å². The molecule has 2 heterocycles. The van der Waals surface area contributed by atoms with Gasteiger partial charge in [-0.2, -0.15) is 28.5 Å². The molecular weight excluding hydrogens is 591 g/mol. The van der Waals surface area contributed by atoms with Crippen molar-refractivity contribution in [2.45, 2.75) is 17.8 Å². The molecule has 5 aromatic rings. The Morgan fingerprint density at radius 3 is 2.36 bits per heavy atom. The molecule has 13 heteroatoms. The van der Waals surface area contributed by atoms with Crippen LogP contribution in [0.25, 0.3) is 22.3 Å². The predicted molar refractivity (Wildman–Crippen MR) is 151 cm³/mol. The highest BCUT2D eigenvalue weighted by Gasteiger charge is 2.30. The third kappa shape index (κ3) is 6.80. The van der Waals surface area contributed by atoms with E-state index in [1.54, 1.807) is 60.9 Å². The molecule has 0 bridgehead atoms. The molecule has 214 valence electrons. The monoisotopic (exact) mass is 611 g/mol. The van der Waals surface area contributed by atoms with Crippen molar-refractivity contribution < 1.29 is 27.2 Å². The van der Waals surface area contributed by atoms with Gasteiger partial charge in [0.2, 0.25) is 5.49 Å². The quantitative estimate of drug-likeness (QED) is 0.181. The van der Waals surface area contributed by atoms with Crippen molar-refractivity contribution in [3.05, 3.63) is 114 Å². The lowest BCUT2D eigenvalue weighted by Gasteiger charge is -2.15. The van der Waals surface area contributed by atoms with E-state index in [1.807, 2.05) is 0 Å². The molecule has 0 amide bonds. The van der Waals surface area contributed by atoms with Gasteiger partial charge >= 0.3 is 6.18 Å². The molecule has 0 spiro atoms. The van der Waals surface area contributed by atoms with Crippen LogP contribution < -0.4 is 10.2 Å². The number of aromatic nitrogens is 4. The number of alkyl halides is 3. The molecule has 1 unspecified atom stereocenters. The Morgan fingerprint density at radius 1 is 0.905 bits per heavy atom. The van der Waals surface area contributed by atoms with Gasteiger partial charge in [-0.05, 0) is 70.1 Å². The summed E-state index contributed by atoms with van der Waals surface area (Å²) in [5.74, 6) is 0.703. The zero-order valence-electron chi connectivity index (χ0n) is 21.8. The summed E-state index contributed by atoms with van der Waals surface area (Å²) in [6, 6.07) is 19.8. The van der Waals surface area contributed by atoms with Crippen LogP contribution in [0.5, 0.6) is 11.5 Å². The highest BCUT2D eigenvalue weighted by atomic mass is 35.5. The molecule has 0 saturated heterocycles. The van der Waals surface area contributed by atoms with E-state index in [-0.39, 0.29) is 11.8 Å². The molecule has 42 heavy (non-hydrogen) atoms. The number of benzene rings is 3. The fourth-order valence-corrected chi connectivity index (χ4v) is 5.06. The highest BCUT2D eigenvalue weighted by molar-refractivity contribution is 7.90. The van der Waals surface area contributed by atoms with E-state index in [0.717, 1.165) is 12.1 Å². The molecule has 1 atom stereocenters. The molecule has 0 radical (unpaired) electrons. The number of ether oxygens (including phenoxy) is 2. The van der Waals surface area contributed by atoms with Crippen molar-refractivity contribution in [3.63, 3.8) is 0 Å². The molecule has 0 aliphatic heterocycles. The molecular formula is C29H21ClF3N5O3S. The third-order valence-corrected chi connectivity index (χ3v) is 7.28. The molecule has 0 aliphatic carbocycles. The molecule has 5 rings (SSSR count). The molecule has 0 saturated carbocycles. The second kappa shape index (κ2) is 12.7. The van der Waals surface area contributed by atoms with Crippen molar-refractivity contribution in [2.75, 3.05) is 7.11 Å². The minimum atomic E-state index is -4.43. The SMILES string of the molecule is COCn1ncccc1=N[S+]([O-])c1ccc(Oc2ccc(-c3ccc(C(F)(F)F)cc3)cc2-c2ccnnc2)c(Cl)c1. The lowest BCUT2D eigenvalue weighted by atomic mass is 9.98. The fourth-order valence-electron chi connectivity index (χ4n) is 3.95. The summed E-state index contributed by atoms with van der Waals surface area (Å²) in [7, 11) is 1.51. The average Bonchev–Trinajstić information content (AvgIpc) is 2.99. The van der Waals surface area contributed by atoms with Gasteiger partial charge in [-0.25, -0.2) is 4.68 Å². The minimum absolute atomic E-state index is 0.136. The third-order valence-electron chi connectivity index (χ3n) is 5.97. The number of rotatable bonds is 8. The van der Waals surface area contributed by atoms with E-state index in [2.05, 4.69) is 19.7 Å². The van der Waals surface area contributed by atoms with Gasteiger partial charge < -0.3 is 14.0 Å². The normalized spacial score (nSPS) is 12.8. The Kier molecular flexibility index (Phi) is 8.88. The first-order chi connectivity index (χ1) is 20.2. The summed E-state index contributed by atoms with van der Waals surface area (Å²) >= 11 is 4.74. The summed E-state index contributed by atoms with van der Waals surface area (Å²) < 4.78 is 69.0. The topological polar surface area (TPSA) is 97.5 Å². The van der Waals surface area contributed by atoms with Gasteiger partial charge in [0.15, 0.2) is 4.90 Å². The van der Waals surface area contributed by atoms with E-state index < -0.39 is 23.1 Å². The number of nitrogens with zero attached hydrogens (tertiary/aromatic N) is 5. The highest BCUT2D eigenvalue weighted by Crippen LogP contribution is 2.39. The smallest absolute Gasteiger partial charge is 0.416 e. The van der Waals surface area contributed by atoms with Gasteiger partial charge in [0.25, 0.3) is 0 Å². The maximum atomic E-state index is 13.0. The van der Waals surface area contributed by atoms with Crippen molar-refractivity contribution >= 4 is 23.0 Å². The van der Waals surface area contributed by atoms with Crippen LogP contribution in [-0.2, 0) is 29.0 Å². The van der Waals surface area contributed by atoms with Gasteiger partial charge in [0, 0.05) is 30.5 Å². The van der Waals surface area contributed by atoms with E-state index in [4.69, 9.17) is 21.1 Å². The second-order valence-electron chi connectivity index (χ2n) is 8.75. The first kappa shape index (κ1) is 29.3. The van der Waals surface area contributed by atoms with Crippen LogP contribution >= 0.6 is 11.6 Å². The Hall–Kier alpha value is -4.23. The lowest BCUT2D eigenvalue weighted by Crippen LogP contribution is -2.25. The largest absolute Gasteiger partial charge is 0.586 e. The first-order valence-electron chi connectivity index (χ1n) is 12.3. The van der Waals surface area contributed by atoms with Crippen molar-refractivity contribution in [2.24, 2.45) is 4.40 Å². The van der Waals surface area contributed by atoms with Crippen molar-refractivity contribution in [1.29, 1.82) is 0 Å². The van der Waals surface area contributed by atoms with Crippen LogP contribution in [0.1, 0.15) is 5.56 Å². The first-order valence-corrected chi connectivity index (χ1v) is 13.8. The lowest BCUT2D eigenvalue weighted by molar-refractivity contribution is -0.137. The summed E-state index contributed by atoms with van der Waals surface area (Å²) in [6.45, 7) is 0.136. The zero-order valence-corrected chi connectivity index (χ0v) is 23.4. The van der Waals surface area contributed by atoms with E-state index in [0.29, 0.717) is 44.1 Å². The van der Waals surface area contributed by atoms with Gasteiger partial charge in [-0.15, -0.1) is 0 Å². The number of methoxy groups -OCH3 is 1. The molecule has 8 nitrogen and oxygen atoms in total. The van der Waals surface area contributed by atoms with Gasteiger partial charge in [0.05, 0.1) is 23.0 Å². The summed E-state index contributed by atoms with van der Waals surface area (Å²) in [5, 5.41) is 12.1. The number of hydrogen-bond acceptors (Lipinski definition) is 7. The standard InChI is InChI=1S/C29H21ClF3N5O3S/c1-40-18-38-28(3-2-13-36-38)37-42(39)23-9-11-27(25(30)16-23)41-26-10-6-20(15-24(26)21-12-14-34-35-17-21)19-4-7-22(8-5-19)29(31,32)33/h2-17H,18H2,1H3. The van der Waals surface area contributed by atoms with Crippen LogP contribution in [-0.4, -0.2) is 31.6 Å². The van der Waals surface area contributed by atoms with Crippen LogP contribution in [0.4, 0.5) is 13.2 Å². The number of halogens is 4. The van der Waals surface area contributed by atoms with Gasteiger partial charge in [0.1, 0.15) is 29.6 Å². The maximum absolute atomic E-state index is 13.0. The Balaban J connectivity index is 1.45. The van der Waals surface area contributed by atoms with E-state index in [9.17, 15) is 17.7 Å². The van der Waals surface area contributed by atoms with E-state index in [1.165, 1.54) is 36.2 Å². The minimum Gasteiger partial charge on any atom is -0.586 e. The molecule has 3 aromatic carbocycles. The molecule has 0 fully saturated rings. The summed E-state index contributed by atoms with van der Waals surface area (Å²) in [6.07, 6.45) is 0.200. The van der Waals surface area contributed by atoms with Crippen molar-refractivity contribution in [1.82, 2.24) is 20.0 Å². The average molecular weight is 612 g/mol. The molecule has 2 aromatic heterocycles. The Labute approximate surface area is 246 Å². The van der Waals surface area contributed by atoms with Crippen LogP contribution in [0.15, 0.2) is 107 Å². The molecule has 0 aliphatic rings. The Morgan fingerprint density at radius 2 is 1.67 bits per heavy atom. The predicted octanol–water partition coefficient (Wildman–Crippen LogP) is 6.70. The fraction of sp³-hybridized carbons (Fsp3) is 0.103. The zero-order chi connectivity index (χ0) is 29.7. The van der Waals surface area contributed by atoms with Crippen LogP contribution in [0.3, 0.4) is 0 Å². The Bertz CT molecular complexity index is 1750. The summed E-state index contributed by atoms with van der Waals surface area (Å²) in [5.41, 5.74) is 2.17. The van der Waals surface area contributed by atoms with Crippen LogP contribution in [0, 0.1) is 0 Å². The maximum Gasteiger partial charge on any atom is 0.416 e. The molecule has 0 N–H and O–H groups in total. The summed E-state index contributed by atoms with van der Waals surface area (Å²) in [4.78, 5) is 0.344. The van der Waals surface area contributed by atoms with Crippen molar-refractivity contribution in [3.8, 4) is 33.8 Å². The second-order valence-corrected chi connectivity index (χ2v) is 10.3.